The molecule has 0 amide bonds. The quantitative estimate of drug-likeness (QED) is 0.484. The van der Waals surface area contributed by atoms with E-state index in [0.29, 0.717) is 23.5 Å². The lowest BCUT2D eigenvalue weighted by molar-refractivity contribution is 0.288. The largest absolute Gasteiger partial charge is 0.508 e. The lowest BCUT2D eigenvalue weighted by atomic mass is 9.79. The molecule has 0 radical (unpaired) electrons. The van der Waals surface area contributed by atoms with Gasteiger partial charge in [-0.2, -0.15) is 0 Å². The van der Waals surface area contributed by atoms with Crippen LogP contribution in [0.2, 0.25) is 0 Å². The van der Waals surface area contributed by atoms with Crippen molar-refractivity contribution in [2.24, 2.45) is 17.8 Å². The molecule has 1 heterocycles. The first kappa shape index (κ1) is 22.2. The molecule has 0 bridgehead atoms. The number of phenolic OH excluding ortho intramolecular Hbond substituents is 1. The van der Waals surface area contributed by atoms with E-state index in [2.05, 4.69) is 44.5 Å². The number of hydrogen-bond acceptors (Lipinski definition) is 2. The first-order chi connectivity index (χ1) is 12.6. The van der Waals surface area contributed by atoms with Gasteiger partial charge >= 0.3 is 0 Å². The molecule has 0 aliphatic carbocycles. The van der Waals surface area contributed by atoms with Gasteiger partial charge in [-0.1, -0.05) is 53.5 Å². The third-order valence-corrected chi connectivity index (χ3v) is 5.13. The molecule has 3 unspecified atom stereocenters. The Labute approximate surface area is 160 Å². The highest BCUT2D eigenvalue weighted by molar-refractivity contribution is 5.83. The molecule has 2 nitrogen and oxygen atoms in total. The number of aromatic nitrogens is 1. The SMILES string of the molecule is C=CC(CC)C(CCC)CC(C)Cc1ccnc2ccc(O)cc12.CC. The van der Waals surface area contributed by atoms with Gasteiger partial charge < -0.3 is 5.11 Å². The molecule has 2 aromatic rings. The zero-order chi connectivity index (χ0) is 19.5. The van der Waals surface area contributed by atoms with E-state index in [-0.39, 0.29) is 0 Å². The van der Waals surface area contributed by atoms with E-state index in [9.17, 15) is 5.11 Å². The first-order valence-corrected chi connectivity index (χ1v) is 10.3. The second-order valence-electron chi connectivity index (χ2n) is 7.07. The Balaban J connectivity index is 0.00000163. The summed E-state index contributed by atoms with van der Waals surface area (Å²) in [6, 6.07) is 7.53. The first-order valence-electron chi connectivity index (χ1n) is 10.3. The smallest absolute Gasteiger partial charge is 0.116 e. The summed E-state index contributed by atoms with van der Waals surface area (Å²) in [5, 5.41) is 10.9. The Morgan fingerprint density at radius 2 is 1.92 bits per heavy atom. The van der Waals surface area contributed by atoms with Crippen LogP contribution in [-0.4, -0.2) is 10.1 Å². The van der Waals surface area contributed by atoms with Crippen LogP contribution in [0, 0.1) is 17.8 Å². The van der Waals surface area contributed by atoms with Crippen molar-refractivity contribution < 1.29 is 5.11 Å². The number of allylic oxidation sites excluding steroid dienone is 1. The molecule has 2 heteroatoms. The van der Waals surface area contributed by atoms with Crippen LogP contribution >= 0.6 is 0 Å². The van der Waals surface area contributed by atoms with Gasteiger partial charge in [0.05, 0.1) is 5.52 Å². The number of benzene rings is 1. The van der Waals surface area contributed by atoms with Crippen molar-refractivity contribution in [3.05, 3.63) is 48.7 Å². The topological polar surface area (TPSA) is 33.1 Å². The highest BCUT2D eigenvalue weighted by atomic mass is 16.3. The third-order valence-electron chi connectivity index (χ3n) is 5.13. The fourth-order valence-electron chi connectivity index (χ4n) is 3.91. The van der Waals surface area contributed by atoms with Crippen LogP contribution in [0.3, 0.4) is 0 Å². The molecular formula is C24H37NO. The van der Waals surface area contributed by atoms with Gasteiger partial charge in [0, 0.05) is 11.6 Å². The van der Waals surface area contributed by atoms with E-state index in [0.717, 1.165) is 17.3 Å². The number of hydrogen-bond donors (Lipinski definition) is 1. The minimum atomic E-state index is 0.311. The zero-order valence-electron chi connectivity index (χ0n) is 17.3. The summed E-state index contributed by atoms with van der Waals surface area (Å²) in [6.45, 7) is 14.9. The summed E-state index contributed by atoms with van der Waals surface area (Å²) < 4.78 is 0. The van der Waals surface area contributed by atoms with Gasteiger partial charge in [0.25, 0.3) is 0 Å². The van der Waals surface area contributed by atoms with E-state index in [1.165, 1.54) is 31.2 Å². The average Bonchev–Trinajstić information content (AvgIpc) is 2.65. The monoisotopic (exact) mass is 355 g/mol. The fourth-order valence-corrected chi connectivity index (χ4v) is 3.91. The molecule has 0 aliphatic rings. The third kappa shape index (κ3) is 6.16. The van der Waals surface area contributed by atoms with Crippen LogP contribution in [0.5, 0.6) is 5.75 Å². The van der Waals surface area contributed by atoms with Crippen molar-refractivity contribution in [3.8, 4) is 5.75 Å². The van der Waals surface area contributed by atoms with E-state index >= 15 is 0 Å². The van der Waals surface area contributed by atoms with E-state index < -0.39 is 0 Å². The van der Waals surface area contributed by atoms with Crippen LogP contribution in [0.4, 0.5) is 0 Å². The van der Waals surface area contributed by atoms with Gasteiger partial charge in [-0.3, -0.25) is 4.98 Å². The molecule has 0 saturated heterocycles. The molecule has 0 aliphatic heterocycles. The van der Waals surface area contributed by atoms with Gasteiger partial charge in [0.1, 0.15) is 5.75 Å². The summed E-state index contributed by atoms with van der Waals surface area (Å²) in [4.78, 5) is 4.41. The summed E-state index contributed by atoms with van der Waals surface area (Å²) in [5.41, 5.74) is 2.24. The molecule has 1 aromatic heterocycles. The maximum Gasteiger partial charge on any atom is 0.116 e. The summed E-state index contributed by atoms with van der Waals surface area (Å²) >= 11 is 0. The van der Waals surface area contributed by atoms with Gasteiger partial charge in [0.15, 0.2) is 0 Å². The highest BCUT2D eigenvalue weighted by Gasteiger charge is 2.20. The average molecular weight is 356 g/mol. The Morgan fingerprint density at radius 3 is 2.54 bits per heavy atom. The molecule has 0 spiro atoms. The van der Waals surface area contributed by atoms with Crippen molar-refractivity contribution >= 4 is 10.9 Å². The summed E-state index contributed by atoms with van der Waals surface area (Å²) in [7, 11) is 0. The number of fused-ring (bicyclic) bond motifs is 1. The Kier molecular flexibility index (Phi) is 10.0. The Bertz CT molecular complexity index is 664. The minimum Gasteiger partial charge on any atom is -0.508 e. The number of pyridine rings is 1. The number of aromatic hydroxyl groups is 1. The van der Waals surface area contributed by atoms with E-state index in [4.69, 9.17) is 0 Å². The van der Waals surface area contributed by atoms with Gasteiger partial charge in [-0.25, -0.2) is 0 Å². The maximum absolute atomic E-state index is 9.80. The van der Waals surface area contributed by atoms with Gasteiger partial charge in [-0.15, -0.1) is 6.58 Å². The number of phenols is 1. The van der Waals surface area contributed by atoms with Crippen LogP contribution < -0.4 is 0 Å². The predicted octanol–water partition coefficient (Wildman–Crippen LogP) is 7.16. The predicted molar refractivity (Wildman–Crippen MR) is 115 cm³/mol. The van der Waals surface area contributed by atoms with Crippen molar-refractivity contribution in [2.45, 2.75) is 66.7 Å². The van der Waals surface area contributed by atoms with Crippen LogP contribution in [0.15, 0.2) is 43.1 Å². The highest BCUT2D eigenvalue weighted by Crippen LogP contribution is 2.31. The second-order valence-corrected chi connectivity index (χ2v) is 7.07. The van der Waals surface area contributed by atoms with Gasteiger partial charge in [-0.05, 0) is 66.8 Å². The standard InChI is InChI=1S/C22H31NO.C2H6/c1-5-8-18(17(6-2)7-3)13-16(4)14-19-11-12-23-22-10-9-20(24)15-21(19)22;1-2/h6,9-12,15-18,24H,2,5,7-8,13-14H2,1,3-4H3;1-2H3. The molecule has 1 N–H and O–H groups in total. The molecule has 144 valence electrons. The molecule has 0 fully saturated rings. The zero-order valence-corrected chi connectivity index (χ0v) is 17.3. The molecule has 3 atom stereocenters. The lowest BCUT2D eigenvalue weighted by Crippen LogP contribution is -2.16. The maximum atomic E-state index is 9.80. The van der Waals surface area contributed by atoms with Crippen LogP contribution in [-0.2, 0) is 6.42 Å². The lowest BCUT2D eigenvalue weighted by Gasteiger charge is -2.26. The summed E-state index contributed by atoms with van der Waals surface area (Å²) in [6.07, 6.45) is 9.95. The molecule has 0 saturated carbocycles. The van der Waals surface area contributed by atoms with Crippen LogP contribution in [0.1, 0.15) is 65.9 Å². The normalized spacial score (nSPS) is 14.2. The van der Waals surface area contributed by atoms with Crippen molar-refractivity contribution in [3.63, 3.8) is 0 Å². The molecule has 26 heavy (non-hydrogen) atoms. The Morgan fingerprint density at radius 1 is 1.19 bits per heavy atom. The molecular weight excluding hydrogens is 318 g/mol. The number of nitrogens with zero attached hydrogens (tertiary/aromatic N) is 1. The van der Waals surface area contributed by atoms with Gasteiger partial charge in [0.2, 0.25) is 0 Å². The molecule has 2 rings (SSSR count). The molecule has 1 aromatic carbocycles. The van der Waals surface area contributed by atoms with E-state index in [1.54, 1.807) is 6.07 Å². The van der Waals surface area contributed by atoms with Crippen molar-refractivity contribution in [1.29, 1.82) is 0 Å². The van der Waals surface area contributed by atoms with Crippen molar-refractivity contribution in [2.75, 3.05) is 0 Å². The van der Waals surface area contributed by atoms with Crippen molar-refractivity contribution in [1.82, 2.24) is 4.98 Å². The fraction of sp³-hybridized carbons (Fsp3) is 0.542. The Hall–Kier alpha value is -1.83. The summed E-state index contributed by atoms with van der Waals surface area (Å²) in [5.74, 6) is 2.24. The minimum absolute atomic E-state index is 0.311. The van der Waals surface area contributed by atoms with E-state index in [1.807, 2.05) is 32.2 Å². The van der Waals surface area contributed by atoms with Crippen LogP contribution in [0.25, 0.3) is 10.9 Å². The second kappa shape index (κ2) is 11.7. The number of rotatable bonds is 9.